The van der Waals surface area contributed by atoms with Crippen molar-refractivity contribution >= 4 is 11.4 Å². The highest BCUT2D eigenvalue weighted by atomic mass is 15.3. The van der Waals surface area contributed by atoms with Gasteiger partial charge in [-0.1, -0.05) is 48.5 Å². The highest BCUT2D eigenvalue weighted by molar-refractivity contribution is 6.55. The van der Waals surface area contributed by atoms with E-state index >= 15 is 0 Å². The predicted octanol–water partition coefficient (Wildman–Crippen LogP) is 2.21. The lowest BCUT2D eigenvalue weighted by Crippen LogP contribution is -2.29. The van der Waals surface area contributed by atoms with E-state index in [4.69, 9.17) is 0 Å². The number of nitrogens with one attached hydrogen (secondary N) is 2. The fourth-order valence-corrected chi connectivity index (χ4v) is 3.16. The highest BCUT2D eigenvalue weighted by Crippen LogP contribution is 2.36. The quantitative estimate of drug-likeness (QED) is 0.668. The molecular formula is C17H12N6. The molecule has 2 heterocycles. The molecule has 0 fully saturated rings. The second-order valence-electron chi connectivity index (χ2n) is 5.40. The van der Waals surface area contributed by atoms with Gasteiger partial charge in [0.05, 0.1) is 5.71 Å². The number of aromatic nitrogens is 3. The number of aliphatic imine (C=N–C) groups is 1. The van der Waals surface area contributed by atoms with Crippen molar-refractivity contribution in [3.63, 3.8) is 0 Å². The highest BCUT2D eigenvalue weighted by Gasteiger charge is 2.28. The number of H-pyrrole nitrogens is 1. The van der Waals surface area contributed by atoms with E-state index in [1.54, 1.807) is 0 Å². The van der Waals surface area contributed by atoms with Gasteiger partial charge in [0.25, 0.3) is 0 Å². The van der Waals surface area contributed by atoms with Gasteiger partial charge in [-0.3, -0.25) is 10.4 Å². The van der Waals surface area contributed by atoms with Crippen molar-refractivity contribution in [2.45, 2.75) is 0 Å². The van der Waals surface area contributed by atoms with E-state index in [1.807, 2.05) is 42.5 Å². The summed E-state index contributed by atoms with van der Waals surface area (Å²) in [6, 6.07) is 16.2. The van der Waals surface area contributed by atoms with E-state index in [9.17, 15) is 0 Å². The molecule has 3 aromatic rings. The number of rotatable bonds is 0. The van der Waals surface area contributed by atoms with Crippen LogP contribution in [-0.2, 0) is 0 Å². The van der Waals surface area contributed by atoms with E-state index in [1.165, 1.54) is 0 Å². The molecule has 0 spiro atoms. The summed E-state index contributed by atoms with van der Waals surface area (Å²) < 4.78 is 0. The van der Waals surface area contributed by atoms with Crippen LogP contribution in [0.2, 0.25) is 0 Å². The summed E-state index contributed by atoms with van der Waals surface area (Å²) >= 11 is 0. The summed E-state index contributed by atoms with van der Waals surface area (Å²) in [5.74, 6) is 0. The van der Waals surface area contributed by atoms with Gasteiger partial charge in [-0.2, -0.15) is 20.5 Å². The topological polar surface area (TPSA) is 78.3 Å². The molecule has 0 bridgehead atoms. The first-order valence-electron chi connectivity index (χ1n) is 7.39. The number of aromatic amines is 1. The van der Waals surface area contributed by atoms with Gasteiger partial charge in [0.1, 0.15) is 23.8 Å². The van der Waals surface area contributed by atoms with E-state index in [0.29, 0.717) is 6.67 Å². The Balaban J connectivity index is 1.95. The van der Waals surface area contributed by atoms with Gasteiger partial charge in [-0.25, -0.2) is 0 Å². The Morgan fingerprint density at radius 3 is 1.91 bits per heavy atom. The van der Waals surface area contributed by atoms with Crippen molar-refractivity contribution in [2.24, 2.45) is 10.1 Å². The predicted molar refractivity (Wildman–Crippen MR) is 88.3 cm³/mol. The first-order valence-corrected chi connectivity index (χ1v) is 7.39. The van der Waals surface area contributed by atoms with E-state index < -0.39 is 0 Å². The fraction of sp³-hybridized carbons (Fsp3) is 0.0588. The van der Waals surface area contributed by atoms with Crippen molar-refractivity contribution in [2.75, 3.05) is 6.67 Å². The molecule has 1 aliphatic heterocycles. The van der Waals surface area contributed by atoms with Crippen LogP contribution in [-0.4, -0.2) is 33.5 Å². The average Bonchev–Trinajstić information content (AvgIpc) is 3.10. The summed E-state index contributed by atoms with van der Waals surface area (Å²) in [7, 11) is 0. The van der Waals surface area contributed by atoms with Gasteiger partial charge in [-0.05, 0) is 0 Å². The van der Waals surface area contributed by atoms with E-state index in [2.05, 4.69) is 37.0 Å². The molecule has 0 atom stereocenters. The van der Waals surface area contributed by atoms with E-state index in [-0.39, 0.29) is 0 Å². The fourth-order valence-electron chi connectivity index (χ4n) is 3.16. The third-order valence-corrected chi connectivity index (χ3v) is 4.15. The number of hydrogen-bond acceptors (Lipinski definition) is 5. The van der Waals surface area contributed by atoms with Crippen LogP contribution >= 0.6 is 0 Å². The van der Waals surface area contributed by atoms with Crippen LogP contribution in [0.3, 0.4) is 0 Å². The van der Waals surface area contributed by atoms with Crippen LogP contribution in [0.25, 0.3) is 22.5 Å². The maximum atomic E-state index is 4.67. The summed E-state index contributed by atoms with van der Waals surface area (Å²) in [5, 5.41) is 16.1. The molecule has 110 valence electrons. The molecule has 0 amide bonds. The number of nitrogens with zero attached hydrogens (tertiary/aromatic N) is 4. The average molecular weight is 300 g/mol. The zero-order chi connectivity index (χ0) is 15.2. The SMILES string of the molecule is c1ccc2c(c1)C1=NCNN=C1c1ccccc1-c1n[nH]nc1-2. The molecule has 1 aromatic heterocycles. The lowest BCUT2D eigenvalue weighted by molar-refractivity contribution is 0.754. The summed E-state index contributed by atoms with van der Waals surface area (Å²) in [6.07, 6.45) is 0. The molecule has 0 unspecified atom stereocenters. The van der Waals surface area contributed by atoms with Gasteiger partial charge in [-0.15, -0.1) is 0 Å². The first-order chi connectivity index (χ1) is 11.4. The standard InChI is InChI=1S/C17H12N6/c1-2-6-11-10(5-1)14-15(20-19-9-18-14)12-7-3-4-8-13(12)17-16(11)21-23-22-17/h1-8,19H,9H2,(H,21,22,23). The third kappa shape index (κ3) is 1.69. The maximum Gasteiger partial charge on any atom is 0.124 e. The van der Waals surface area contributed by atoms with Gasteiger partial charge >= 0.3 is 0 Å². The Bertz CT molecular complexity index is 904. The monoisotopic (exact) mass is 300 g/mol. The summed E-state index contributed by atoms with van der Waals surface area (Å²) in [5.41, 5.74) is 10.4. The van der Waals surface area contributed by atoms with Gasteiger partial charge in [0.2, 0.25) is 0 Å². The second-order valence-corrected chi connectivity index (χ2v) is 5.40. The molecule has 6 heteroatoms. The lowest BCUT2D eigenvalue weighted by Gasteiger charge is -2.21. The summed E-state index contributed by atoms with van der Waals surface area (Å²) in [6.45, 7) is 0.473. The van der Waals surface area contributed by atoms with E-state index in [0.717, 1.165) is 45.1 Å². The van der Waals surface area contributed by atoms with Crippen LogP contribution in [0, 0.1) is 0 Å². The smallest absolute Gasteiger partial charge is 0.124 e. The number of hydrazone groups is 1. The molecule has 23 heavy (non-hydrogen) atoms. The normalized spacial score (nSPS) is 14.8. The molecule has 2 aliphatic rings. The molecule has 2 aromatic carbocycles. The number of fused-ring (bicyclic) bond motifs is 8. The number of benzene rings is 2. The van der Waals surface area contributed by atoms with Crippen molar-refractivity contribution in [1.29, 1.82) is 0 Å². The van der Waals surface area contributed by atoms with Crippen molar-refractivity contribution in [3.05, 3.63) is 59.7 Å². The van der Waals surface area contributed by atoms with Crippen molar-refractivity contribution < 1.29 is 0 Å². The molecule has 0 saturated heterocycles. The second kappa shape index (κ2) is 4.61. The zero-order valence-electron chi connectivity index (χ0n) is 12.1. The van der Waals surface area contributed by atoms with Crippen LogP contribution in [0.15, 0.2) is 58.6 Å². The maximum absolute atomic E-state index is 4.67. The largest absolute Gasteiger partial charge is 0.288 e. The Labute approximate surface area is 132 Å². The molecular weight excluding hydrogens is 288 g/mol. The molecule has 6 nitrogen and oxygen atoms in total. The van der Waals surface area contributed by atoms with Crippen molar-refractivity contribution in [1.82, 2.24) is 20.8 Å². The minimum Gasteiger partial charge on any atom is -0.288 e. The van der Waals surface area contributed by atoms with Gasteiger partial charge in [0.15, 0.2) is 0 Å². The van der Waals surface area contributed by atoms with Crippen LogP contribution in [0.4, 0.5) is 0 Å². The number of hydrogen-bond donors (Lipinski definition) is 2. The van der Waals surface area contributed by atoms with Crippen LogP contribution in [0.1, 0.15) is 11.1 Å². The molecule has 2 N–H and O–H groups in total. The summed E-state index contributed by atoms with van der Waals surface area (Å²) in [4.78, 5) is 4.67. The Kier molecular flexibility index (Phi) is 2.46. The van der Waals surface area contributed by atoms with Crippen LogP contribution < -0.4 is 5.43 Å². The molecule has 0 saturated carbocycles. The molecule has 1 aliphatic carbocycles. The lowest BCUT2D eigenvalue weighted by atomic mass is 9.87. The first kappa shape index (κ1) is 12.3. The Hall–Kier alpha value is -3.28. The van der Waals surface area contributed by atoms with Gasteiger partial charge in [0, 0.05) is 22.3 Å². The zero-order valence-corrected chi connectivity index (χ0v) is 12.1. The minimum atomic E-state index is 0.473. The van der Waals surface area contributed by atoms with Gasteiger partial charge < -0.3 is 0 Å². The van der Waals surface area contributed by atoms with Crippen molar-refractivity contribution in [3.8, 4) is 22.5 Å². The third-order valence-electron chi connectivity index (χ3n) is 4.15. The van der Waals surface area contributed by atoms with Crippen LogP contribution in [0.5, 0.6) is 0 Å². The minimum absolute atomic E-state index is 0.473. The Morgan fingerprint density at radius 2 is 1.26 bits per heavy atom. The Morgan fingerprint density at radius 1 is 0.696 bits per heavy atom. The molecule has 0 radical (unpaired) electrons. The molecule has 5 rings (SSSR count).